The summed E-state index contributed by atoms with van der Waals surface area (Å²) < 4.78 is 5.15. The number of rotatable bonds is 8. The number of anilines is 6. The van der Waals surface area contributed by atoms with Gasteiger partial charge in [0.1, 0.15) is 0 Å². The number of hydrogen-bond acceptors (Lipinski definition) is 4. The molecule has 0 aliphatic carbocycles. The van der Waals surface area contributed by atoms with E-state index in [0.717, 1.165) is 39.7 Å². The molecule has 0 spiro atoms. The van der Waals surface area contributed by atoms with Crippen LogP contribution < -0.4 is 9.80 Å². The summed E-state index contributed by atoms with van der Waals surface area (Å²) in [6.07, 6.45) is 0. The van der Waals surface area contributed by atoms with Gasteiger partial charge in [-0.2, -0.15) is 0 Å². The molecule has 0 radical (unpaired) electrons. The first-order chi connectivity index (χ1) is 30.7. The maximum absolute atomic E-state index is 2.46. The lowest BCUT2D eigenvalue weighted by molar-refractivity contribution is 1.29. The minimum absolute atomic E-state index is 1.10. The smallest absolute Gasteiger partial charge is 0.0546 e. The van der Waals surface area contributed by atoms with Gasteiger partial charge >= 0.3 is 0 Å². The van der Waals surface area contributed by atoms with Crippen molar-refractivity contribution < 1.29 is 0 Å². The molecule has 0 fully saturated rings. The number of nitrogens with zero attached hydrogens (tertiary/aromatic N) is 2. The highest BCUT2D eigenvalue weighted by atomic mass is 32.1. The molecule has 0 saturated heterocycles. The zero-order chi connectivity index (χ0) is 41.0. The minimum Gasteiger partial charge on any atom is -0.310 e. The highest BCUT2D eigenvalue weighted by Gasteiger charge is 2.24. The molecule has 62 heavy (non-hydrogen) atoms. The van der Waals surface area contributed by atoms with E-state index in [9.17, 15) is 0 Å². The SMILES string of the molecule is c1ccc(-c2cc3ccc(N(c4ccccc4)c4ccc5c(c4)sc4ccccc45)c(-c4ccccc4)c3cc2N(c2ccccc2)c2ccc3c(c2)sc2ccccc23)cc1. The lowest BCUT2D eigenvalue weighted by atomic mass is 9.91. The molecule has 4 heteroatoms. The summed E-state index contributed by atoms with van der Waals surface area (Å²) in [7, 11) is 0. The van der Waals surface area contributed by atoms with Crippen LogP contribution in [0.4, 0.5) is 34.1 Å². The van der Waals surface area contributed by atoms with Gasteiger partial charge in [-0.25, -0.2) is 0 Å². The molecule has 0 aliphatic heterocycles. The first kappa shape index (κ1) is 36.4. The Morgan fingerprint density at radius 1 is 0.274 bits per heavy atom. The van der Waals surface area contributed by atoms with E-state index in [-0.39, 0.29) is 0 Å². The summed E-state index contributed by atoms with van der Waals surface area (Å²) in [5, 5.41) is 7.53. The van der Waals surface area contributed by atoms with Gasteiger partial charge in [-0.05, 0) is 101 Å². The topological polar surface area (TPSA) is 6.48 Å². The summed E-state index contributed by atoms with van der Waals surface area (Å²) in [6.45, 7) is 0. The first-order valence-corrected chi connectivity index (χ1v) is 22.6. The highest BCUT2D eigenvalue weighted by molar-refractivity contribution is 7.26. The highest BCUT2D eigenvalue weighted by Crippen LogP contribution is 2.50. The molecule has 2 heterocycles. The molecular formula is C58H38N2S2. The minimum atomic E-state index is 1.10. The largest absolute Gasteiger partial charge is 0.310 e. The van der Waals surface area contributed by atoms with Crippen molar-refractivity contribution in [2.24, 2.45) is 0 Å². The van der Waals surface area contributed by atoms with Crippen LogP contribution in [0.1, 0.15) is 0 Å². The first-order valence-electron chi connectivity index (χ1n) is 21.0. The second-order valence-electron chi connectivity index (χ2n) is 15.7. The fourth-order valence-corrected chi connectivity index (χ4v) is 11.5. The Morgan fingerprint density at radius 3 is 1.27 bits per heavy atom. The van der Waals surface area contributed by atoms with Gasteiger partial charge in [-0.15, -0.1) is 22.7 Å². The molecule has 2 aromatic heterocycles. The zero-order valence-electron chi connectivity index (χ0n) is 33.7. The molecule has 2 nitrogen and oxygen atoms in total. The molecule has 0 unspecified atom stereocenters. The van der Waals surface area contributed by atoms with Crippen LogP contribution in [0.15, 0.2) is 231 Å². The van der Waals surface area contributed by atoms with Crippen LogP contribution >= 0.6 is 22.7 Å². The third kappa shape index (κ3) is 6.23. The Bertz CT molecular complexity index is 3580. The molecule has 292 valence electrons. The van der Waals surface area contributed by atoms with E-state index in [0.29, 0.717) is 0 Å². The number of hydrogen-bond donors (Lipinski definition) is 0. The molecular weight excluding hydrogens is 789 g/mol. The normalized spacial score (nSPS) is 11.5. The van der Waals surface area contributed by atoms with Gasteiger partial charge in [0, 0.05) is 74.2 Å². The molecule has 0 N–H and O–H groups in total. The maximum atomic E-state index is 2.46. The van der Waals surface area contributed by atoms with Gasteiger partial charge in [-0.1, -0.05) is 152 Å². The van der Waals surface area contributed by atoms with Crippen molar-refractivity contribution in [3.63, 3.8) is 0 Å². The third-order valence-corrected chi connectivity index (χ3v) is 14.3. The van der Waals surface area contributed by atoms with E-state index >= 15 is 0 Å². The zero-order valence-corrected chi connectivity index (χ0v) is 35.3. The summed E-state index contributed by atoms with van der Waals surface area (Å²) in [4.78, 5) is 4.90. The Kier molecular flexibility index (Phi) is 8.91. The van der Waals surface area contributed by atoms with Crippen molar-refractivity contribution in [2.45, 2.75) is 0 Å². The van der Waals surface area contributed by atoms with Crippen molar-refractivity contribution in [3.8, 4) is 22.3 Å². The molecule has 0 saturated carbocycles. The average molecular weight is 827 g/mol. The van der Waals surface area contributed by atoms with Gasteiger partial charge in [0.05, 0.1) is 11.4 Å². The van der Waals surface area contributed by atoms with E-state index in [1.807, 2.05) is 22.7 Å². The second kappa shape index (κ2) is 15.2. The predicted molar refractivity (Wildman–Crippen MR) is 270 cm³/mol. The van der Waals surface area contributed by atoms with E-state index < -0.39 is 0 Å². The lowest BCUT2D eigenvalue weighted by Gasteiger charge is -2.31. The van der Waals surface area contributed by atoms with Crippen LogP contribution in [-0.2, 0) is 0 Å². The molecule has 0 amide bonds. The fraction of sp³-hybridized carbons (Fsp3) is 0. The lowest BCUT2D eigenvalue weighted by Crippen LogP contribution is -2.13. The number of benzene rings is 10. The number of para-hydroxylation sites is 2. The molecule has 0 aliphatic rings. The Balaban J connectivity index is 1.15. The van der Waals surface area contributed by atoms with E-state index in [1.165, 1.54) is 67.8 Å². The Hall–Kier alpha value is -7.50. The van der Waals surface area contributed by atoms with E-state index in [4.69, 9.17) is 0 Å². The van der Waals surface area contributed by atoms with Crippen LogP contribution in [0.25, 0.3) is 73.4 Å². The summed E-state index contributed by atoms with van der Waals surface area (Å²) in [6, 6.07) is 84.4. The monoisotopic (exact) mass is 826 g/mol. The van der Waals surface area contributed by atoms with Crippen LogP contribution in [0.2, 0.25) is 0 Å². The average Bonchev–Trinajstić information content (AvgIpc) is 3.90. The summed E-state index contributed by atoms with van der Waals surface area (Å²) in [5.74, 6) is 0. The Morgan fingerprint density at radius 2 is 0.726 bits per heavy atom. The van der Waals surface area contributed by atoms with Crippen molar-refractivity contribution in [3.05, 3.63) is 231 Å². The maximum Gasteiger partial charge on any atom is 0.0546 e. The second-order valence-corrected chi connectivity index (χ2v) is 17.8. The van der Waals surface area contributed by atoms with Gasteiger partial charge in [0.25, 0.3) is 0 Å². The summed E-state index contributed by atoms with van der Waals surface area (Å²) in [5.41, 5.74) is 11.3. The van der Waals surface area contributed by atoms with Gasteiger partial charge < -0.3 is 9.80 Å². The Labute approximate surface area is 368 Å². The van der Waals surface area contributed by atoms with Crippen LogP contribution in [-0.4, -0.2) is 0 Å². The number of thiophene rings is 2. The number of fused-ring (bicyclic) bond motifs is 7. The van der Waals surface area contributed by atoms with Gasteiger partial charge in [-0.3, -0.25) is 0 Å². The third-order valence-electron chi connectivity index (χ3n) is 12.0. The molecule has 12 rings (SSSR count). The van der Waals surface area contributed by atoms with Crippen molar-refractivity contribution in [2.75, 3.05) is 9.80 Å². The molecule has 0 atom stereocenters. The van der Waals surface area contributed by atoms with Crippen LogP contribution in [0.3, 0.4) is 0 Å². The van der Waals surface area contributed by atoms with Crippen molar-refractivity contribution in [1.82, 2.24) is 0 Å². The predicted octanol–water partition coefficient (Wildman–Crippen LogP) is 17.8. The van der Waals surface area contributed by atoms with Crippen LogP contribution in [0, 0.1) is 0 Å². The van der Waals surface area contributed by atoms with Crippen LogP contribution in [0.5, 0.6) is 0 Å². The molecule has 12 aromatic rings. The molecule has 10 aromatic carbocycles. The fourth-order valence-electron chi connectivity index (χ4n) is 9.19. The standard InChI is InChI=1S/C58H38N2S2/c1-5-17-39(18-6-1)50-35-41-29-34-52(59(42-21-9-3-10-22-42)44-30-32-48-46-25-13-15-27-54(46)61-56(48)36-44)58(40-19-7-2-8-20-40)51(41)38-53(50)60(43-23-11-4-12-24-43)45-31-33-49-47-26-14-16-28-55(47)62-57(49)37-45/h1-38H. The van der Waals surface area contributed by atoms with Gasteiger partial charge in [0.15, 0.2) is 0 Å². The van der Waals surface area contributed by atoms with E-state index in [1.54, 1.807) is 0 Å². The van der Waals surface area contributed by atoms with Crippen molar-refractivity contribution in [1.29, 1.82) is 0 Å². The summed E-state index contributed by atoms with van der Waals surface area (Å²) >= 11 is 3.71. The van der Waals surface area contributed by atoms with E-state index in [2.05, 4.69) is 240 Å². The van der Waals surface area contributed by atoms with Crippen molar-refractivity contribution >= 4 is 108 Å². The van der Waals surface area contributed by atoms with Gasteiger partial charge in [0.2, 0.25) is 0 Å². The molecule has 0 bridgehead atoms. The quantitative estimate of drug-likeness (QED) is 0.151.